The molecule has 6 nitrogen and oxygen atoms in total. The monoisotopic (exact) mass is 368 g/mol. The average molecular weight is 368 g/mol. The molecule has 3 rings (SSSR count). The van der Waals surface area contributed by atoms with E-state index in [4.69, 9.17) is 18.6 Å². The zero-order valence-corrected chi connectivity index (χ0v) is 15.2. The summed E-state index contributed by atoms with van der Waals surface area (Å²) in [6, 6.07) is 13.5. The molecule has 0 saturated heterocycles. The Morgan fingerprint density at radius 2 is 1.81 bits per heavy atom. The van der Waals surface area contributed by atoms with Gasteiger partial charge in [-0.25, -0.2) is 9.59 Å². The Balaban J connectivity index is 2.07. The minimum atomic E-state index is -0.797. The molecule has 0 atom stereocenters. The van der Waals surface area contributed by atoms with Crippen molar-refractivity contribution in [2.75, 3.05) is 13.7 Å². The normalized spacial score (nSPS) is 10.6. The number of carbonyl (C=O) groups excluding carboxylic acids is 1. The fourth-order valence-electron chi connectivity index (χ4n) is 2.63. The Morgan fingerprint density at radius 3 is 2.52 bits per heavy atom. The molecule has 0 aliphatic carbocycles. The number of fused-ring (bicyclic) bond motifs is 1. The van der Waals surface area contributed by atoms with Gasteiger partial charge in [-0.05, 0) is 30.7 Å². The van der Waals surface area contributed by atoms with E-state index in [0.717, 1.165) is 12.8 Å². The Bertz CT molecular complexity index is 991. The summed E-state index contributed by atoms with van der Waals surface area (Å²) in [6.45, 7) is 2.57. The van der Waals surface area contributed by atoms with Crippen molar-refractivity contribution in [2.24, 2.45) is 0 Å². The molecule has 0 spiro atoms. The van der Waals surface area contributed by atoms with Crippen molar-refractivity contribution in [3.05, 3.63) is 64.5 Å². The topological polar surface area (TPSA) is 75.0 Å². The number of hydrogen-bond acceptors (Lipinski definition) is 6. The van der Waals surface area contributed by atoms with Crippen molar-refractivity contribution in [3.63, 3.8) is 0 Å². The second kappa shape index (κ2) is 8.40. The number of ether oxygens (including phenoxy) is 3. The minimum Gasteiger partial charge on any atom is -0.493 e. The number of hydrogen-bond donors (Lipinski definition) is 0. The van der Waals surface area contributed by atoms with Crippen LogP contribution in [0.15, 0.2) is 57.7 Å². The summed E-state index contributed by atoms with van der Waals surface area (Å²) in [5, 5.41) is 0.451. The van der Waals surface area contributed by atoms with Gasteiger partial charge in [0.25, 0.3) is 5.75 Å². The first-order chi connectivity index (χ1) is 13.2. The molecule has 1 heterocycles. The maximum atomic E-state index is 12.4. The van der Waals surface area contributed by atoms with Gasteiger partial charge in [0.05, 0.1) is 19.3 Å². The molecular weight excluding hydrogens is 348 g/mol. The van der Waals surface area contributed by atoms with Gasteiger partial charge in [0.2, 0.25) is 0 Å². The van der Waals surface area contributed by atoms with Crippen LogP contribution in [0.4, 0.5) is 0 Å². The Morgan fingerprint density at radius 1 is 1.04 bits per heavy atom. The van der Waals surface area contributed by atoms with Crippen molar-refractivity contribution in [1.82, 2.24) is 0 Å². The van der Waals surface area contributed by atoms with E-state index in [-0.39, 0.29) is 11.5 Å². The lowest BCUT2D eigenvalue weighted by atomic mass is 10.2. The summed E-state index contributed by atoms with van der Waals surface area (Å²) >= 11 is 0. The van der Waals surface area contributed by atoms with E-state index in [2.05, 4.69) is 6.92 Å². The largest absolute Gasteiger partial charge is 0.493 e. The van der Waals surface area contributed by atoms with Gasteiger partial charge >= 0.3 is 11.6 Å². The maximum Gasteiger partial charge on any atom is 0.383 e. The molecule has 27 heavy (non-hydrogen) atoms. The zero-order chi connectivity index (χ0) is 19.2. The second-order valence-electron chi connectivity index (χ2n) is 5.84. The summed E-state index contributed by atoms with van der Waals surface area (Å²) in [7, 11) is 1.40. The summed E-state index contributed by atoms with van der Waals surface area (Å²) in [4.78, 5) is 24.8. The third-order valence-corrected chi connectivity index (χ3v) is 3.97. The number of methoxy groups -OCH3 is 1. The van der Waals surface area contributed by atoms with Crippen LogP contribution in [-0.2, 0) is 0 Å². The van der Waals surface area contributed by atoms with Crippen LogP contribution in [0, 0.1) is 0 Å². The highest BCUT2D eigenvalue weighted by Gasteiger charge is 2.23. The Hall–Kier alpha value is -3.28. The van der Waals surface area contributed by atoms with Gasteiger partial charge in [-0.2, -0.15) is 0 Å². The molecule has 0 aliphatic heterocycles. The van der Waals surface area contributed by atoms with E-state index in [1.54, 1.807) is 48.5 Å². The standard InChI is InChI=1S/C21H20O6/c1-3-4-13-25-15-11-8-12-16-17(15)18(24-2)19(21(23)26-16)27-20(22)14-9-6-5-7-10-14/h5-12H,3-4,13H2,1-2H3. The molecule has 0 amide bonds. The molecule has 140 valence electrons. The molecular formula is C21H20O6. The Kier molecular flexibility index (Phi) is 5.76. The van der Waals surface area contributed by atoms with Crippen LogP contribution < -0.4 is 19.8 Å². The average Bonchev–Trinajstić information content (AvgIpc) is 2.69. The predicted octanol–water partition coefficient (Wildman–Crippen LogP) is 4.20. The molecule has 2 aromatic carbocycles. The number of carbonyl (C=O) groups is 1. The molecule has 0 aliphatic rings. The smallest absolute Gasteiger partial charge is 0.383 e. The van der Waals surface area contributed by atoms with E-state index in [1.807, 2.05) is 0 Å². The first-order valence-electron chi connectivity index (χ1n) is 8.69. The molecule has 0 saturated carbocycles. The van der Waals surface area contributed by atoms with Crippen LogP contribution in [0.25, 0.3) is 11.0 Å². The third-order valence-electron chi connectivity index (χ3n) is 3.97. The zero-order valence-electron chi connectivity index (χ0n) is 15.2. The molecule has 0 bridgehead atoms. The highest BCUT2D eigenvalue weighted by Crippen LogP contribution is 2.38. The highest BCUT2D eigenvalue weighted by molar-refractivity contribution is 5.95. The van der Waals surface area contributed by atoms with Crippen molar-refractivity contribution in [3.8, 4) is 17.2 Å². The lowest BCUT2D eigenvalue weighted by Crippen LogP contribution is -2.16. The SMILES string of the molecule is CCCCOc1cccc2oc(=O)c(OC(=O)c3ccccc3)c(OC)c12. The predicted molar refractivity (Wildman–Crippen MR) is 101 cm³/mol. The molecule has 0 fully saturated rings. The number of esters is 1. The Labute approximate surface area is 156 Å². The van der Waals surface area contributed by atoms with Crippen molar-refractivity contribution in [2.45, 2.75) is 19.8 Å². The van der Waals surface area contributed by atoms with Crippen molar-refractivity contribution < 1.29 is 23.4 Å². The van der Waals surface area contributed by atoms with Crippen molar-refractivity contribution >= 4 is 16.9 Å². The van der Waals surface area contributed by atoms with Gasteiger partial charge < -0.3 is 18.6 Å². The van der Waals surface area contributed by atoms with Crippen LogP contribution in [0.3, 0.4) is 0 Å². The number of rotatable bonds is 7. The fraction of sp³-hybridized carbons (Fsp3) is 0.238. The summed E-state index contributed by atoms with van der Waals surface area (Å²) in [5.74, 6) is -0.369. The highest BCUT2D eigenvalue weighted by atomic mass is 16.6. The summed E-state index contributed by atoms with van der Waals surface area (Å²) < 4.78 is 21.9. The lowest BCUT2D eigenvalue weighted by molar-refractivity contribution is 0.0723. The van der Waals surface area contributed by atoms with Gasteiger partial charge in [0.1, 0.15) is 16.7 Å². The first kappa shape index (κ1) is 18.5. The minimum absolute atomic E-state index is 0.109. The van der Waals surface area contributed by atoms with Gasteiger partial charge in [0.15, 0.2) is 5.75 Å². The number of unbranched alkanes of at least 4 members (excludes halogenated alkanes) is 1. The quantitative estimate of drug-likeness (QED) is 0.353. The molecule has 0 N–H and O–H groups in total. The number of benzene rings is 2. The van der Waals surface area contributed by atoms with E-state index >= 15 is 0 Å². The molecule has 6 heteroatoms. The van der Waals surface area contributed by atoms with Crippen LogP contribution in [0.2, 0.25) is 0 Å². The van der Waals surface area contributed by atoms with E-state index in [1.165, 1.54) is 7.11 Å². The molecule has 3 aromatic rings. The first-order valence-corrected chi connectivity index (χ1v) is 8.69. The van der Waals surface area contributed by atoms with Gasteiger partial charge in [0, 0.05) is 0 Å². The maximum absolute atomic E-state index is 12.4. The van der Waals surface area contributed by atoms with Crippen LogP contribution in [-0.4, -0.2) is 19.7 Å². The molecule has 1 aromatic heterocycles. The second-order valence-corrected chi connectivity index (χ2v) is 5.84. The van der Waals surface area contributed by atoms with Gasteiger partial charge in [-0.3, -0.25) is 0 Å². The summed E-state index contributed by atoms with van der Waals surface area (Å²) in [6.07, 6.45) is 1.86. The van der Waals surface area contributed by atoms with Crippen LogP contribution >= 0.6 is 0 Å². The van der Waals surface area contributed by atoms with Gasteiger partial charge in [-0.1, -0.05) is 37.6 Å². The third kappa shape index (κ3) is 3.95. The van der Waals surface area contributed by atoms with Gasteiger partial charge in [-0.15, -0.1) is 0 Å². The van der Waals surface area contributed by atoms with E-state index < -0.39 is 11.6 Å². The lowest BCUT2D eigenvalue weighted by Gasteiger charge is -2.13. The van der Waals surface area contributed by atoms with Crippen LogP contribution in [0.5, 0.6) is 17.2 Å². The van der Waals surface area contributed by atoms with Crippen LogP contribution in [0.1, 0.15) is 30.1 Å². The summed E-state index contributed by atoms with van der Waals surface area (Å²) in [5.41, 5.74) is -0.189. The van der Waals surface area contributed by atoms with E-state index in [9.17, 15) is 9.59 Å². The fourth-order valence-corrected chi connectivity index (χ4v) is 2.63. The van der Waals surface area contributed by atoms with E-state index in [0.29, 0.717) is 28.9 Å². The van der Waals surface area contributed by atoms with Crippen molar-refractivity contribution in [1.29, 1.82) is 0 Å². The molecule has 0 unspecified atom stereocenters. The molecule has 0 radical (unpaired) electrons.